The van der Waals surface area contributed by atoms with E-state index in [0.29, 0.717) is 5.46 Å². The van der Waals surface area contributed by atoms with Gasteiger partial charge in [-0.15, -0.1) is 24.0 Å². The van der Waals surface area contributed by atoms with E-state index in [-0.39, 0.29) is 0 Å². The van der Waals surface area contributed by atoms with Gasteiger partial charge in [-0.05, 0) is 23.7 Å². The maximum absolute atomic E-state index is 9.03. The molecular formula is C8H6BBrO2S2. The van der Waals surface area contributed by atoms with Gasteiger partial charge < -0.3 is 10.0 Å². The van der Waals surface area contributed by atoms with Crippen molar-refractivity contribution in [2.45, 2.75) is 4.21 Å². The van der Waals surface area contributed by atoms with Crippen LogP contribution in [0.15, 0.2) is 26.9 Å². The molecule has 0 fully saturated rings. The van der Waals surface area contributed by atoms with Crippen molar-refractivity contribution in [2.24, 2.45) is 0 Å². The Hall–Kier alpha value is -0.00506. The molecular weight excluding hydrogens is 283 g/mol. The zero-order valence-corrected chi connectivity index (χ0v) is 10.2. The van der Waals surface area contributed by atoms with Crippen LogP contribution in [0.25, 0.3) is 10.1 Å². The summed E-state index contributed by atoms with van der Waals surface area (Å²) in [5, 5.41) is 19.1. The van der Waals surface area contributed by atoms with Gasteiger partial charge in [-0.2, -0.15) is 0 Å². The summed E-state index contributed by atoms with van der Waals surface area (Å²) >= 11 is 9.14. The van der Waals surface area contributed by atoms with Crippen molar-refractivity contribution in [3.8, 4) is 0 Å². The van der Waals surface area contributed by atoms with Gasteiger partial charge in [0.2, 0.25) is 0 Å². The summed E-state index contributed by atoms with van der Waals surface area (Å²) in [6.07, 6.45) is 0. The molecule has 0 bridgehead atoms. The molecule has 0 saturated heterocycles. The number of hydrogen-bond donors (Lipinski definition) is 3. The molecule has 0 atom stereocenters. The average molecular weight is 289 g/mol. The van der Waals surface area contributed by atoms with Crippen LogP contribution in [0.5, 0.6) is 0 Å². The van der Waals surface area contributed by atoms with E-state index in [0.717, 1.165) is 18.8 Å². The van der Waals surface area contributed by atoms with Crippen LogP contribution in [0.3, 0.4) is 0 Å². The van der Waals surface area contributed by atoms with Crippen molar-refractivity contribution in [3.63, 3.8) is 0 Å². The number of hydrogen-bond acceptors (Lipinski definition) is 4. The largest absolute Gasteiger partial charge is 0.488 e. The molecule has 6 heteroatoms. The Morgan fingerprint density at radius 3 is 2.64 bits per heavy atom. The maximum Gasteiger partial charge on any atom is 0.488 e. The minimum atomic E-state index is -1.43. The molecule has 0 aliphatic rings. The van der Waals surface area contributed by atoms with E-state index in [2.05, 4.69) is 28.6 Å². The fourth-order valence-electron chi connectivity index (χ4n) is 1.25. The average Bonchev–Trinajstić information content (AvgIpc) is 2.45. The minimum Gasteiger partial charge on any atom is -0.423 e. The Labute approximate surface area is 99.3 Å². The third-order valence-corrected chi connectivity index (χ3v) is 3.84. The molecule has 0 saturated carbocycles. The topological polar surface area (TPSA) is 40.5 Å². The zero-order valence-electron chi connectivity index (χ0n) is 6.94. The van der Waals surface area contributed by atoms with Crippen LogP contribution in [-0.2, 0) is 0 Å². The molecule has 2 aromatic rings. The maximum atomic E-state index is 9.03. The van der Waals surface area contributed by atoms with E-state index >= 15 is 0 Å². The van der Waals surface area contributed by atoms with Gasteiger partial charge in [0.15, 0.2) is 0 Å². The first-order valence-electron chi connectivity index (χ1n) is 3.86. The highest BCUT2D eigenvalue weighted by molar-refractivity contribution is 9.10. The predicted octanol–water partition coefficient (Wildman–Crippen LogP) is 1.63. The molecule has 0 amide bonds. The number of fused-ring (bicyclic) bond motifs is 1. The lowest BCUT2D eigenvalue weighted by atomic mass is 9.80. The van der Waals surface area contributed by atoms with Gasteiger partial charge in [-0.1, -0.05) is 15.9 Å². The van der Waals surface area contributed by atoms with Gasteiger partial charge in [-0.25, -0.2) is 0 Å². The lowest BCUT2D eigenvalue weighted by Crippen LogP contribution is -2.29. The van der Waals surface area contributed by atoms with Crippen molar-refractivity contribution in [3.05, 3.63) is 22.7 Å². The lowest BCUT2D eigenvalue weighted by Gasteiger charge is -2.01. The van der Waals surface area contributed by atoms with E-state index in [1.54, 1.807) is 12.1 Å². The molecule has 1 heterocycles. The predicted molar refractivity (Wildman–Crippen MR) is 66.6 cm³/mol. The third kappa shape index (κ3) is 1.85. The first kappa shape index (κ1) is 10.5. The molecule has 14 heavy (non-hydrogen) atoms. The summed E-state index contributed by atoms with van der Waals surface area (Å²) in [6, 6.07) is 5.41. The number of halogens is 1. The Kier molecular flexibility index (Phi) is 2.90. The second-order valence-corrected chi connectivity index (χ2v) is 5.60. The fraction of sp³-hybridized carbons (Fsp3) is 0. The molecule has 1 aromatic heterocycles. The number of thiophene rings is 1. The highest BCUT2D eigenvalue weighted by atomic mass is 79.9. The van der Waals surface area contributed by atoms with Crippen molar-refractivity contribution in [1.29, 1.82) is 0 Å². The summed E-state index contributed by atoms with van der Waals surface area (Å²) in [6.45, 7) is 0. The SMILES string of the molecule is OB(O)c1cc(Br)c2cc(S)sc2c1. The third-order valence-electron chi connectivity index (χ3n) is 1.89. The van der Waals surface area contributed by atoms with Gasteiger partial charge in [0.05, 0.1) is 4.21 Å². The highest BCUT2D eigenvalue weighted by Crippen LogP contribution is 2.32. The number of rotatable bonds is 1. The van der Waals surface area contributed by atoms with Crippen LogP contribution in [0, 0.1) is 0 Å². The quantitative estimate of drug-likeness (QED) is 0.551. The molecule has 0 aliphatic heterocycles. The van der Waals surface area contributed by atoms with E-state index in [4.69, 9.17) is 10.0 Å². The van der Waals surface area contributed by atoms with Crippen molar-refractivity contribution in [1.82, 2.24) is 0 Å². The molecule has 0 radical (unpaired) electrons. The summed E-state index contributed by atoms with van der Waals surface area (Å²) in [7, 11) is -1.43. The van der Waals surface area contributed by atoms with Gasteiger partial charge in [0, 0.05) is 14.6 Å². The molecule has 2 nitrogen and oxygen atoms in total. The van der Waals surface area contributed by atoms with Gasteiger partial charge >= 0.3 is 7.12 Å². The van der Waals surface area contributed by atoms with Crippen LogP contribution in [0.4, 0.5) is 0 Å². The molecule has 0 spiro atoms. The smallest absolute Gasteiger partial charge is 0.423 e. The van der Waals surface area contributed by atoms with E-state index in [9.17, 15) is 0 Å². The fourth-order valence-corrected chi connectivity index (χ4v) is 3.28. The van der Waals surface area contributed by atoms with Crippen LogP contribution < -0.4 is 5.46 Å². The number of benzene rings is 1. The van der Waals surface area contributed by atoms with Crippen molar-refractivity contribution < 1.29 is 10.0 Å². The highest BCUT2D eigenvalue weighted by Gasteiger charge is 2.14. The van der Waals surface area contributed by atoms with Crippen molar-refractivity contribution >= 4 is 62.6 Å². The zero-order chi connectivity index (χ0) is 10.3. The molecule has 2 N–H and O–H groups in total. The monoisotopic (exact) mass is 288 g/mol. The summed E-state index contributed by atoms with van der Waals surface area (Å²) in [5.41, 5.74) is 0.486. The minimum absolute atomic E-state index is 0.486. The Balaban J connectivity index is 2.71. The van der Waals surface area contributed by atoms with Gasteiger partial charge in [0.1, 0.15) is 0 Å². The van der Waals surface area contributed by atoms with Crippen LogP contribution in [0.1, 0.15) is 0 Å². The number of thiol groups is 1. The normalized spacial score (nSPS) is 10.9. The second kappa shape index (κ2) is 3.86. The second-order valence-electron chi connectivity index (χ2n) is 2.87. The first-order valence-corrected chi connectivity index (χ1v) is 5.91. The van der Waals surface area contributed by atoms with Crippen molar-refractivity contribution in [2.75, 3.05) is 0 Å². The summed E-state index contributed by atoms with van der Waals surface area (Å²) in [5.74, 6) is 0. The van der Waals surface area contributed by atoms with Crippen LogP contribution in [-0.4, -0.2) is 17.2 Å². The first-order chi connectivity index (χ1) is 6.58. The summed E-state index contributed by atoms with van der Waals surface area (Å²) < 4.78 is 2.76. The van der Waals surface area contributed by atoms with E-state index in [1.807, 2.05) is 6.07 Å². The van der Waals surface area contributed by atoms with Crippen LogP contribution in [0.2, 0.25) is 0 Å². The van der Waals surface area contributed by atoms with E-state index < -0.39 is 7.12 Å². The van der Waals surface area contributed by atoms with Gasteiger partial charge in [-0.3, -0.25) is 0 Å². The molecule has 72 valence electrons. The van der Waals surface area contributed by atoms with E-state index in [1.165, 1.54) is 11.3 Å². The molecule has 0 unspecified atom stereocenters. The van der Waals surface area contributed by atoms with Crippen LogP contribution >= 0.6 is 39.9 Å². The Morgan fingerprint density at radius 1 is 1.29 bits per heavy atom. The molecule has 1 aromatic carbocycles. The lowest BCUT2D eigenvalue weighted by molar-refractivity contribution is 0.426. The standard InChI is InChI=1S/C8H6BBrO2S2/c10-6-1-4(9(11)12)2-7-5(6)3-8(13)14-7/h1-3,11-13H. The Bertz CT molecular complexity index is 483. The summed E-state index contributed by atoms with van der Waals surface area (Å²) in [4.78, 5) is 0. The Morgan fingerprint density at radius 2 is 2.00 bits per heavy atom. The van der Waals surface area contributed by atoms with Gasteiger partial charge in [0.25, 0.3) is 0 Å². The molecule has 0 aliphatic carbocycles. The molecule has 2 rings (SSSR count).